The number of nitrogens with one attached hydrogen (secondary N) is 1. The van der Waals surface area contributed by atoms with Gasteiger partial charge in [-0.05, 0) is 19.5 Å². The molecule has 118 valence electrons. The zero-order valence-electron chi connectivity index (χ0n) is 13.3. The molecule has 0 aliphatic rings. The largest absolute Gasteiger partial charge is 0.493 e. The van der Waals surface area contributed by atoms with Crippen LogP contribution in [0.5, 0.6) is 5.75 Å². The molecule has 0 saturated heterocycles. The number of rotatable bonds is 9. The van der Waals surface area contributed by atoms with Crippen molar-refractivity contribution in [2.24, 2.45) is 11.7 Å². The lowest BCUT2D eigenvalue weighted by atomic mass is 10.1. The Morgan fingerprint density at radius 3 is 2.81 bits per heavy atom. The van der Waals surface area contributed by atoms with Gasteiger partial charge in [0.05, 0.1) is 6.61 Å². The fourth-order valence-corrected chi connectivity index (χ4v) is 2.22. The Hall–Kier alpha value is -1.59. The number of para-hydroxylation sites is 1. The first-order valence-electron chi connectivity index (χ1n) is 7.39. The molecular weight excluding hydrogens is 266 g/mol. The van der Waals surface area contributed by atoms with Crippen molar-refractivity contribution in [2.45, 2.75) is 19.9 Å². The van der Waals surface area contributed by atoms with Gasteiger partial charge in [0.1, 0.15) is 5.75 Å². The van der Waals surface area contributed by atoms with Crippen LogP contribution in [0.15, 0.2) is 24.3 Å². The van der Waals surface area contributed by atoms with Gasteiger partial charge in [-0.1, -0.05) is 25.1 Å². The minimum absolute atomic E-state index is 0.00103. The molecule has 1 aromatic rings. The number of amides is 1. The first-order chi connectivity index (χ1) is 10.1. The summed E-state index contributed by atoms with van der Waals surface area (Å²) in [5.41, 5.74) is 6.70. The molecule has 1 aromatic carbocycles. The second-order valence-electron chi connectivity index (χ2n) is 5.29. The number of nitrogens with two attached hydrogens (primary N) is 1. The van der Waals surface area contributed by atoms with E-state index in [0.29, 0.717) is 13.2 Å². The van der Waals surface area contributed by atoms with E-state index >= 15 is 0 Å². The zero-order valence-corrected chi connectivity index (χ0v) is 13.3. The Morgan fingerprint density at radius 2 is 2.14 bits per heavy atom. The van der Waals surface area contributed by atoms with Gasteiger partial charge < -0.3 is 20.7 Å². The molecule has 0 heterocycles. The van der Waals surface area contributed by atoms with Gasteiger partial charge in [-0.25, -0.2) is 0 Å². The average Bonchev–Trinajstić information content (AvgIpc) is 2.50. The van der Waals surface area contributed by atoms with E-state index in [1.165, 1.54) is 0 Å². The quantitative estimate of drug-likeness (QED) is 0.672. The van der Waals surface area contributed by atoms with Crippen molar-refractivity contribution >= 4 is 5.91 Å². The number of hydrogen-bond donors (Lipinski definition) is 2. The fraction of sp³-hybridized carbons (Fsp3) is 0.562. The number of hydrogen-bond acceptors (Lipinski definition) is 4. The third-order valence-electron chi connectivity index (χ3n) is 3.41. The Bertz CT molecular complexity index is 437. The van der Waals surface area contributed by atoms with E-state index in [-0.39, 0.29) is 11.8 Å². The molecule has 1 rings (SSSR count). The summed E-state index contributed by atoms with van der Waals surface area (Å²) in [5, 5.41) is 2.67. The Kier molecular flexibility index (Phi) is 7.79. The number of carbonyl (C=O) groups excluding carboxylic acids is 1. The Balaban J connectivity index is 2.26. The van der Waals surface area contributed by atoms with Crippen molar-refractivity contribution in [3.63, 3.8) is 0 Å². The van der Waals surface area contributed by atoms with Gasteiger partial charge in [0, 0.05) is 38.2 Å². The second-order valence-corrected chi connectivity index (χ2v) is 5.29. The molecule has 5 heteroatoms. The van der Waals surface area contributed by atoms with E-state index in [1.54, 1.807) is 7.05 Å². The normalized spacial score (nSPS) is 12.2. The van der Waals surface area contributed by atoms with Gasteiger partial charge >= 0.3 is 0 Å². The fourth-order valence-electron chi connectivity index (χ4n) is 2.22. The first kappa shape index (κ1) is 17.5. The van der Waals surface area contributed by atoms with Gasteiger partial charge in [-0.2, -0.15) is 0 Å². The van der Waals surface area contributed by atoms with E-state index in [1.807, 2.05) is 38.2 Å². The minimum atomic E-state index is -0.00103. The van der Waals surface area contributed by atoms with Crippen molar-refractivity contribution in [3.05, 3.63) is 29.8 Å². The third-order valence-corrected chi connectivity index (χ3v) is 3.41. The van der Waals surface area contributed by atoms with Crippen LogP contribution < -0.4 is 15.8 Å². The highest BCUT2D eigenvalue weighted by molar-refractivity contribution is 5.78. The molecule has 0 saturated carbocycles. The van der Waals surface area contributed by atoms with Gasteiger partial charge in [0.15, 0.2) is 0 Å². The van der Waals surface area contributed by atoms with Gasteiger partial charge in [-0.15, -0.1) is 0 Å². The molecule has 1 atom stereocenters. The maximum atomic E-state index is 11.5. The molecular formula is C16H27N3O2. The van der Waals surface area contributed by atoms with E-state index in [9.17, 15) is 4.79 Å². The summed E-state index contributed by atoms with van der Waals surface area (Å²) in [4.78, 5) is 13.6. The van der Waals surface area contributed by atoms with Crippen LogP contribution in [-0.2, 0) is 11.3 Å². The monoisotopic (exact) mass is 293 g/mol. The van der Waals surface area contributed by atoms with Crippen LogP contribution in [0.25, 0.3) is 0 Å². The number of benzene rings is 1. The van der Waals surface area contributed by atoms with Crippen LogP contribution in [0.1, 0.15) is 18.9 Å². The van der Waals surface area contributed by atoms with Crippen molar-refractivity contribution in [1.29, 1.82) is 0 Å². The summed E-state index contributed by atoms with van der Waals surface area (Å²) in [7, 11) is 3.69. The van der Waals surface area contributed by atoms with Crippen molar-refractivity contribution in [2.75, 3.05) is 33.8 Å². The summed E-state index contributed by atoms with van der Waals surface area (Å²) in [5.74, 6) is 0.940. The molecule has 0 spiro atoms. The standard InChI is InChI=1S/C16H27N3O2/c1-13(16(20)18-2)12-19(3)9-6-10-21-15-8-5-4-7-14(15)11-17/h4-5,7-8,13H,6,9-12,17H2,1-3H3,(H,18,20). The highest BCUT2D eigenvalue weighted by atomic mass is 16.5. The van der Waals surface area contributed by atoms with Crippen LogP contribution in [0.2, 0.25) is 0 Å². The number of nitrogens with zero attached hydrogens (tertiary/aromatic N) is 1. The van der Waals surface area contributed by atoms with Crippen LogP contribution in [0, 0.1) is 5.92 Å². The summed E-state index contributed by atoms with van der Waals surface area (Å²) in [6.45, 7) is 4.71. The topological polar surface area (TPSA) is 67.6 Å². The highest BCUT2D eigenvalue weighted by Gasteiger charge is 2.13. The van der Waals surface area contributed by atoms with Gasteiger partial charge in [0.25, 0.3) is 0 Å². The second kappa shape index (κ2) is 9.37. The van der Waals surface area contributed by atoms with Crippen molar-refractivity contribution < 1.29 is 9.53 Å². The van der Waals surface area contributed by atoms with Crippen LogP contribution in [0.4, 0.5) is 0 Å². The molecule has 1 unspecified atom stereocenters. The van der Waals surface area contributed by atoms with E-state index < -0.39 is 0 Å². The Labute approximate surface area is 127 Å². The number of carbonyl (C=O) groups is 1. The molecule has 1 amide bonds. The molecule has 0 fully saturated rings. The SMILES string of the molecule is CNC(=O)C(C)CN(C)CCCOc1ccccc1CN. The third kappa shape index (κ3) is 6.14. The lowest BCUT2D eigenvalue weighted by molar-refractivity contribution is -0.124. The van der Waals surface area contributed by atoms with E-state index in [2.05, 4.69) is 10.2 Å². The lowest BCUT2D eigenvalue weighted by Gasteiger charge is -2.20. The Morgan fingerprint density at radius 1 is 1.43 bits per heavy atom. The molecule has 21 heavy (non-hydrogen) atoms. The van der Waals surface area contributed by atoms with E-state index in [0.717, 1.165) is 30.8 Å². The van der Waals surface area contributed by atoms with Crippen LogP contribution in [-0.4, -0.2) is 44.6 Å². The molecule has 0 aliphatic heterocycles. The molecule has 0 bridgehead atoms. The van der Waals surface area contributed by atoms with E-state index in [4.69, 9.17) is 10.5 Å². The molecule has 0 radical (unpaired) electrons. The smallest absolute Gasteiger partial charge is 0.223 e. The van der Waals surface area contributed by atoms with Gasteiger partial charge in [-0.3, -0.25) is 4.79 Å². The number of ether oxygens (including phenoxy) is 1. The van der Waals surface area contributed by atoms with Crippen molar-refractivity contribution in [1.82, 2.24) is 10.2 Å². The maximum absolute atomic E-state index is 11.5. The van der Waals surface area contributed by atoms with Crippen molar-refractivity contribution in [3.8, 4) is 5.75 Å². The average molecular weight is 293 g/mol. The molecule has 5 nitrogen and oxygen atoms in total. The zero-order chi connectivity index (χ0) is 15.7. The minimum Gasteiger partial charge on any atom is -0.493 e. The predicted molar refractivity (Wildman–Crippen MR) is 85.2 cm³/mol. The van der Waals surface area contributed by atoms with Crippen LogP contribution in [0.3, 0.4) is 0 Å². The highest BCUT2D eigenvalue weighted by Crippen LogP contribution is 2.17. The summed E-state index contributed by atoms with van der Waals surface area (Å²) in [6, 6.07) is 7.83. The molecule has 3 N–H and O–H groups in total. The molecule has 0 aromatic heterocycles. The lowest BCUT2D eigenvalue weighted by Crippen LogP contribution is -2.35. The van der Waals surface area contributed by atoms with Crippen LogP contribution >= 0.6 is 0 Å². The molecule has 0 aliphatic carbocycles. The first-order valence-corrected chi connectivity index (χ1v) is 7.39. The summed E-state index contributed by atoms with van der Waals surface area (Å²) in [6.07, 6.45) is 0.913. The maximum Gasteiger partial charge on any atom is 0.223 e. The summed E-state index contributed by atoms with van der Waals surface area (Å²) >= 11 is 0. The predicted octanol–water partition coefficient (Wildman–Crippen LogP) is 1.23. The summed E-state index contributed by atoms with van der Waals surface area (Å²) < 4.78 is 5.77. The van der Waals surface area contributed by atoms with Gasteiger partial charge in [0.2, 0.25) is 5.91 Å².